The molecule has 0 unspecified atom stereocenters. The lowest BCUT2D eigenvalue weighted by Crippen LogP contribution is -2.21. The summed E-state index contributed by atoms with van der Waals surface area (Å²) in [6.07, 6.45) is 0.564. The Labute approximate surface area is 169 Å². The van der Waals surface area contributed by atoms with Gasteiger partial charge >= 0.3 is 5.97 Å². The Hall–Kier alpha value is -2.86. The number of esters is 1. The third-order valence-corrected chi connectivity index (χ3v) is 4.18. The van der Waals surface area contributed by atoms with E-state index in [1.165, 1.54) is 0 Å². The predicted octanol–water partition coefficient (Wildman–Crippen LogP) is 4.25. The third kappa shape index (κ3) is 7.40. The van der Waals surface area contributed by atoms with E-state index >= 15 is 0 Å². The van der Waals surface area contributed by atoms with Crippen molar-refractivity contribution in [2.24, 2.45) is 0 Å². The van der Waals surface area contributed by atoms with Gasteiger partial charge in [0.05, 0.1) is 0 Å². The van der Waals surface area contributed by atoms with Crippen molar-refractivity contribution < 1.29 is 19.1 Å². The van der Waals surface area contributed by atoms with Gasteiger partial charge in [-0.3, -0.25) is 14.4 Å². The molecule has 0 saturated heterocycles. The molecule has 0 spiro atoms. The number of amides is 2. The van der Waals surface area contributed by atoms with Crippen molar-refractivity contribution in [2.45, 2.75) is 33.1 Å². The molecule has 148 valence electrons. The molecule has 2 rings (SSSR count). The Bertz CT molecular complexity index is 850. The second kappa shape index (κ2) is 10.5. The van der Waals surface area contributed by atoms with Gasteiger partial charge in [-0.05, 0) is 56.2 Å². The maximum absolute atomic E-state index is 11.9. The van der Waals surface area contributed by atoms with Crippen LogP contribution in [-0.4, -0.2) is 24.4 Å². The van der Waals surface area contributed by atoms with Crippen LogP contribution in [-0.2, 0) is 19.1 Å². The summed E-state index contributed by atoms with van der Waals surface area (Å²) in [6, 6.07) is 12.4. The van der Waals surface area contributed by atoms with Crippen molar-refractivity contribution in [2.75, 3.05) is 17.2 Å². The monoisotopic (exact) mass is 402 g/mol. The van der Waals surface area contributed by atoms with Gasteiger partial charge in [-0.15, -0.1) is 0 Å². The maximum Gasteiger partial charge on any atom is 0.306 e. The number of hydrogen-bond donors (Lipinski definition) is 2. The normalized spacial score (nSPS) is 10.2. The molecular formula is C21H23ClN2O4. The van der Waals surface area contributed by atoms with Gasteiger partial charge in [-0.2, -0.15) is 0 Å². The fourth-order valence-electron chi connectivity index (χ4n) is 2.51. The van der Waals surface area contributed by atoms with Crippen molar-refractivity contribution in [3.63, 3.8) is 0 Å². The number of rotatable bonds is 8. The molecule has 2 aromatic rings. The van der Waals surface area contributed by atoms with Crippen molar-refractivity contribution in [3.05, 3.63) is 58.6 Å². The molecule has 28 heavy (non-hydrogen) atoms. The Balaban J connectivity index is 1.64. The Kier molecular flexibility index (Phi) is 8.02. The minimum absolute atomic E-state index is 0.0604. The quantitative estimate of drug-likeness (QED) is 0.646. The van der Waals surface area contributed by atoms with E-state index < -0.39 is 11.9 Å². The number of ether oxygens (including phenoxy) is 1. The summed E-state index contributed by atoms with van der Waals surface area (Å²) in [5, 5.41) is 6.01. The Morgan fingerprint density at radius 1 is 0.929 bits per heavy atom. The van der Waals surface area contributed by atoms with Crippen LogP contribution in [0, 0.1) is 13.8 Å². The average molecular weight is 403 g/mol. The van der Waals surface area contributed by atoms with Crippen LogP contribution in [0.15, 0.2) is 42.5 Å². The molecule has 2 amide bonds. The van der Waals surface area contributed by atoms with Crippen molar-refractivity contribution >= 4 is 40.8 Å². The van der Waals surface area contributed by atoms with Gasteiger partial charge in [0.25, 0.3) is 5.91 Å². The summed E-state index contributed by atoms with van der Waals surface area (Å²) < 4.78 is 4.96. The predicted molar refractivity (Wildman–Crippen MR) is 109 cm³/mol. The zero-order valence-electron chi connectivity index (χ0n) is 15.9. The number of aryl methyl sites for hydroxylation is 2. The number of nitrogens with one attached hydrogen (secondary N) is 2. The van der Waals surface area contributed by atoms with Gasteiger partial charge in [-0.1, -0.05) is 29.3 Å². The summed E-state index contributed by atoms with van der Waals surface area (Å²) in [5.41, 5.74) is 3.36. The summed E-state index contributed by atoms with van der Waals surface area (Å²) in [7, 11) is 0. The number of carbonyl (C=O) groups is 3. The fraction of sp³-hybridized carbons (Fsp3) is 0.286. The minimum atomic E-state index is -0.518. The van der Waals surface area contributed by atoms with Crippen LogP contribution in [0.4, 0.5) is 11.4 Å². The van der Waals surface area contributed by atoms with Crippen LogP contribution in [0.3, 0.4) is 0 Å². The van der Waals surface area contributed by atoms with Crippen LogP contribution in [0.5, 0.6) is 0 Å². The SMILES string of the molecule is Cc1ccc(NC(=O)COC(=O)CCCC(=O)Nc2ccc(Cl)cc2)c(C)c1. The zero-order valence-corrected chi connectivity index (χ0v) is 16.6. The van der Waals surface area contributed by atoms with Gasteiger partial charge in [0, 0.05) is 29.2 Å². The highest BCUT2D eigenvalue weighted by atomic mass is 35.5. The lowest BCUT2D eigenvalue weighted by Gasteiger charge is -2.09. The van der Waals surface area contributed by atoms with Crippen LogP contribution in [0.1, 0.15) is 30.4 Å². The van der Waals surface area contributed by atoms with Gasteiger partial charge < -0.3 is 15.4 Å². The molecule has 0 atom stereocenters. The summed E-state index contributed by atoms with van der Waals surface area (Å²) in [5.74, 6) is -1.13. The number of benzene rings is 2. The lowest BCUT2D eigenvalue weighted by molar-refractivity contribution is -0.147. The molecule has 0 fully saturated rings. The minimum Gasteiger partial charge on any atom is -0.456 e. The topological polar surface area (TPSA) is 84.5 Å². The number of carbonyl (C=O) groups excluding carboxylic acids is 3. The van der Waals surface area contributed by atoms with Gasteiger partial charge in [0.2, 0.25) is 5.91 Å². The van der Waals surface area contributed by atoms with E-state index in [0.717, 1.165) is 11.1 Å². The highest BCUT2D eigenvalue weighted by Gasteiger charge is 2.10. The Morgan fingerprint density at radius 2 is 1.64 bits per heavy atom. The zero-order chi connectivity index (χ0) is 20.5. The maximum atomic E-state index is 11.9. The van der Waals surface area contributed by atoms with E-state index in [-0.39, 0.29) is 25.4 Å². The molecule has 0 heterocycles. The van der Waals surface area contributed by atoms with E-state index in [9.17, 15) is 14.4 Å². The summed E-state index contributed by atoms with van der Waals surface area (Å²) in [4.78, 5) is 35.5. The molecule has 0 bridgehead atoms. The Morgan fingerprint density at radius 3 is 2.32 bits per heavy atom. The van der Waals surface area contributed by atoms with E-state index in [2.05, 4.69) is 10.6 Å². The molecule has 2 aromatic carbocycles. The molecule has 0 aliphatic carbocycles. The smallest absolute Gasteiger partial charge is 0.306 e. The highest BCUT2D eigenvalue weighted by molar-refractivity contribution is 6.30. The van der Waals surface area contributed by atoms with E-state index in [1.807, 2.05) is 32.0 Å². The first kappa shape index (κ1) is 21.4. The fourth-order valence-corrected chi connectivity index (χ4v) is 2.63. The second-order valence-corrected chi connectivity index (χ2v) is 6.87. The first-order chi connectivity index (χ1) is 13.3. The van der Waals surface area contributed by atoms with Crippen LogP contribution in [0.2, 0.25) is 5.02 Å². The van der Waals surface area contributed by atoms with Crippen LogP contribution < -0.4 is 10.6 Å². The first-order valence-corrected chi connectivity index (χ1v) is 9.29. The van der Waals surface area contributed by atoms with Crippen LogP contribution >= 0.6 is 11.6 Å². The van der Waals surface area contributed by atoms with E-state index in [0.29, 0.717) is 22.8 Å². The van der Waals surface area contributed by atoms with Gasteiger partial charge in [-0.25, -0.2) is 0 Å². The van der Waals surface area contributed by atoms with Crippen molar-refractivity contribution in [1.29, 1.82) is 0 Å². The number of hydrogen-bond acceptors (Lipinski definition) is 4. The van der Waals surface area contributed by atoms with Gasteiger partial charge in [0.1, 0.15) is 0 Å². The molecule has 6 nitrogen and oxygen atoms in total. The molecule has 0 radical (unpaired) electrons. The van der Waals surface area contributed by atoms with Crippen molar-refractivity contribution in [3.8, 4) is 0 Å². The van der Waals surface area contributed by atoms with Crippen LogP contribution in [0.25, 0.3) is 0 Å². The second-order valence-electron chi connectivity index (χ2n) is 6.44. The largest absolute Gasteiger partial charge is 0.456 e. The average Bonchev–Trinajstić information content (AvgIpc) is 2.64. The molecular weight excluding hydrogens is 380 g/mol. The molecule has 7 heteroatoms. The molecule has 0 aliphatic rings. The summed E-state index contributed by atoms with van der Waals surface area (Å²) in [6.45, 7) is 3.50. The molecule has 0 saturated carbocycles. The van der Waals surface area contributed by atoms with E-state index in [4.69, 9.17) is 16.3 Å². The number of anilines is 2. The number of halogens is 1. The first-order valence-electron chi connectivity index (χ1n) is 8.91. The summed E-state index contributed by atoms with van der Waals surface area (Å²) >= 11 is 5.79. The lowest BCUT2D eigenvalue weighted by atomic mass is 10.1. The molecule has 0 aromatic heterocycles. The van der Waals surface area contributed by atoms with Gasteiger partial charge in [0.15, 0.2) is 6.61 Å². The molecule has 0 aliphatic heterocycles. The van der Waals surface area contributed by atoms with Crippen molar-refractivity contribution in [1.82, 2.24) is 0 Å². The third-order valence-electron chi connectivity index (χ3n) is 3.93. The molecule has 2 N–H and O–H groups in total. The highest BCUT2D eigenvalue weighted by Crippen LogP contribution is 2.16. The van der Waals surface area contributed by atoms with E-state index in [1.54, 1.807) is 24.3 Å². The standard InChI is InChI=1S/C21H23ClN2O4/c1-14-6-11-18(15(2)12-14)24-20(26)13-28-21(27)5-3-4-19(25)23-17-9-7-16(22)8-10-17/h6-12H,3-5,13H2,1-2H3,(H,23,25)(H,24,26).